The lowest BCUT2D eigenvalue weighted by Gasteiger charge is -2.08. The standard InChI is InChI=1S/C11H12F2O2/c12-11(13)4-3-8(7-11)6-9(14)10-2-1-5-15-10/h1-2,5,8H,3-4,6-7H2. The third kappa shape index (κ3) is 2.43. The Bertz CT molecular complexity index is 343. The van der Waals surface area contributed by atoms with Crippen molar-refractivity contribution in [2.75, 3.05) is 0 Å². The van der Waals surface area contributed by atoms with E-state index in [9.17, 15) is 13.6 Å². The van der Waals surface area contributed by atoms with Crippen LogP contribution >= 0.6 is 0 Å². The van der Waals surface area contributed by atoms with Crippen LogP contribution in [-0.4, -0.2) is 11.7 Å². The molecule has 1 heterocycles. The lowest BCUT2D eigenvalue weighted by molar-refractivity contribution is 0.00493. The van der Waals surface area contributed by atoms with Gasteiger partial charge in [0.05, 0.1) is 6.26 Å². The van der Waals surface area contributed by atoms with Gasteiger partial charge in [0.25, 0.3) is 0 Å². The molecule has 1 atom stereocenters. The van der Waals surface area contributed by atoms with E-state index in [0.717, 1.165) is 0 Å². The summed E-state index contributed by atoms with van der Waals surface area (Å²) in [5.41, 5.74) is 0. The first-order valence-corrected chi connectivity index (χ1v) is 5.01. The molecule has 1 unspecified atom stereocenters. The molecule has 1 aliphatic carbocycles. The number of furan rings is 1. The maximum atomic E-state index is 12.9. The second-order valence-electron chi connectivity index (χ2n) is 4.07. The quantitative estimate of drug-likeness (QED) is 0.723. The Morgan fingerprint density at radius 3 is 2.93 bits per heavy atom. The van der Waals surface area contributed by atoms with Crippen LogP contribution in [0.3, 0.4) is 0 Å². The normalized spacial score (nSPS) is 24.3. The Hall–Kier alpha value is -1.19. The van der Waals surface area contributed by atoms with Crippen LogP contribution in [0.1, 0.15) is 36.2 Å². The van der Waals surface area contributed by atoms with E-state index >= 15 is 0 Å². The molecule has 82 valence electrons. The topological polar surface area (TPSA) is 30.2 Å². The summed E-state index contributed by atoms with van der Waals surface area (Å²) in [5, 5.41) is 0. The molecule has 15 heavy (non-hydrogen) atoms. The first-order chi connectivity index (χ1) is 7.07. The van der Waals surface area contributed by atoms with Crippen molar-refractivity contribution < 1.29 is 18.0 Å². The van der Waals surface area contributed by atoms with Crippen molar-refractivity contribution in [2.45, 2.75) is 31.6 Å². The smallest absolute Gasteiger partial charge is 0.248 e. The number of halogens is 2. The van der Waals surface area contributed by atoms with E-state index in [1.807, 2.05) is 0 Å². The van der Waals surface area contributed by atoms with Gasteiger partial charge in [0.2, 0.25) is 5.92 Å². The highest BCUT2D eigenvalue weighted by Crippen LogP contribution is 2.40. The number of Topliss-reactive ketones (excluding diaryl/α,β-unsaturated/α-hetero) is 1. The maximum Gasteiger partial charge on any atom is 0.248 e. The van der Waals surface area contributed by atoms with Crippen molar-refractivity contribution in [3.8, 4) is 0 Å². The number of rotatable bonds is 3. The fraction of sp³-hybridized carbons (Fsp3) is 0.545. The first-order valence-electron chi connectivity index (χ1n) is 5.01. The van der Waals surface area contributed by atoms with E-state index in [4.69, 9.17) is 4.42 Å². The highest BCUT2D eigenvalue weighted by Gasteiger charge is 2.40. The van der Waals surface area contributed by atoms with Crippen LogP contribution in [0.4, 0.5) is 8.78 Å². The van der Waals surface area contributed by atoms with E-state index < -0.39 is 5.92 Å². The molecule has 1 fully saturated rings. The summed E-state index contributed by atoms with van der Waals surface area (Å²) in [6.45, 7) is 0. The minimum Gasteiger partial charge on any atom is -0.461 e. The van der Waals surface area contributed by atoms with Gasteiger partial charge in [0.1, 0.15) is 0 Å². The zero-order valence-electron chi connectivity index (χ0n) is 8.21. The minimum atomic E-state index is -2.58. The third-order valence-corrected chi connectivity index (χ3v) is 2.78. The molecule has 0 bridgehead atoms. The lowest BCUT2D eigenvalue weighted by Crippen LogP contribution is -2.11. The fourth-order valence-corrected chi connectivity index (χ4v) is 2.02. The summed E-state index contributed by atoms with van der Waals surface area (Å²) in [5.74, 6) is -2.68. The van der Waals surface area contributed by atoms with Crippen molar-refractivity contribution in [2.24, 2.45) is 5.92 Å². The molecule has 2 rings (SSSR count). The van der Waals surface area contributed by atoms with Gasteiger partial charge in [-0.3, -0.25) is 4.79 Å². The van der Waals surface area contributed by atoms with E-state index in [1.165, 1.54) is 6.26 Å². The monoisotopic (exact) mass is 214 g/mol. The van der Waals surface area contributed by atoms with E-state index in [-0.39, 0.29) is 36.7 Å². The van der Waals surface area contributed by atoms with Gasteiger partial charge in [0, 0.05) is 19.3 Å². The molecule has 4 heteroatoms. The van der Waals surface area contributed by atoms with Gasteiger partial charge in [-0.15, -0.1) is 0 Å². The van der Waals surface area contributed by atoms with Gasteiger partial charge in [-0.05, 0) is 24.5 Å². The second-order valence-corrected chi connectivity index (χ2v) is 4.07. The SMILES string of the molecule is O=C(CC1CCC(F)(F)C1)c1ccco1. The molecule has 1 aliphatic rings. The average molecular weight is 214 g/mol. The molecule has 1 aromatic rings. The number of hydrogen-bond donors (Lipinski definition) is 0. The Kier molecular flexibility index (Phi) is 2.59. The van der Waals surface area contributed by atoms with Crippen molar-refractivity contribution in [1.29, 1.82) is 0 Å². The molecule has 2 nitrogen and oxygen atoms in total. The van der Waals surface area contributed by atoms with Crippen LogP contribution in [-0.2, 0) is 0 Å². The fourth-order valence-electron chi connectivity index (χ4n) is 2.02. The molecular weight excluding hydrogens is 202 g/mol. The summed E-state index contributed by atoms with van der Waals surface area (Å²) >= 11 is 0. The van der Waals surface area contributed by atoms with Crippen LogP contribution in [0, 0.1) is 5.92 Å². The molecule has 0 aromatic carbocycles. The molecule has 0 saturated heterocycles. The highest BCUT2D eigenvalue weighted by atomic mass is 19.3. The molecule has 0 radical (unpaired) electrons. The minimum absolute atomic E-state index is 0.0941. The van der Waals surface area contributed by atoms with Crippen LogP contribution in [0.25, 0.3) is 0 Å². The van der Waals surface area contributed by atoms with Gasteiger partial charge < -0.3 is 4.42 Å². The number of carbonyl (C=O) groups is 1. The molecule has 1 aromatic heterocycles. The number of ketones is 1. The largest absolute Gasteiger partial charge is 0.461 e. The Labute approximate surface area is 86.3 Å². The van der Waals surface area contributed by atoms with Crippen LogP contribution in [0.15, 0.2) is 22.8 Å². The molecule has 0 amide bonds. The van der Waals surface area contributed by atoms with Crippen LogP contribution in [0.2, 0.25) is 0 Å². The summed E-state index contributed by atoms with van der Waals surface area (Å²) in [6, 6.07) is 3.19. The van der Waals surface area contributed by atoms with Crippen molar-refractivity contribution >= 4 is 5.78 Å². The van der Waals surface area contributed by atoms with E-state index in [0.29, 0.717) is 6.42 Å². The number of hydrogen-bond acceptors (Lipinski definition) is 2. The first kappa shape index (κ1) is 10.3. The Morgan fingerprint density at radius 1 is 1.60 bits per heavy atom. The van der Waals surface area contributed by atoms with Gasteiger partial charge in [-0.2, -0.15) is 0 Å². The van der Waals surface area contributed by atoms with Crippen molar-refractivity contribution in [3.05, 3.63) is 24.2 Å². The summed E-state index contributed by atoms with van der Waals surface area (Å²) in [7, 11) is 0. The number of carbonyl (C=O) groups excluding carboxylic acids is 1. The van der Waals surface area contributed by atoms with Gasteiger partial charge in [-0.25, -0.2) is 8.78 Å². The Balaban J connectivity index is 1.91. The molecule has 0 spiro atoms. The van der Waals surface area contributed by atoms with Crippen molar-refractivity contribution in [1.82, 2.24) is 0 Å². The van der Waals surface area contributed by atoms with Gasteiger partial charge >= 0.3 is 0 Å². The predicted octanol–water partition coefficient (Wildman–Crippen LogP) is 3.29. The van der Waals surface area contributed by atoms with Crippen molar-refractivity contribution in [3.63, 3.8) is 0 Å². The summed E-state index contributed by atoms with van der Waals surface area (Å²) < 4.78 is 30.6. The maximum absolute atomic E-state index is 12.9. The molecule has 0 N–H and O–H groups in total. The molecule has 1 saturated carbocycles. The Morgan fingerprint density at radius 2 is 2.40 bits per heavy atom. The summed E-state index contributed by atoms with van der Waals surface area (Å²) in [4.78, 5) is 11.5. The second kappa shape index (κ2) is 3.76. The third-order valence-electron chi connectivity index (χ3n) is 2.78. The van der Waals surface area contributed by atoms with Crippen LogP contribution < -0.4 is 0 Å². The van der Waals surface area contributed by atoms with E-state index in [1.54, 1.807) is 12.1 Å². The zero-order chi connectivity index (χ0) is 10.9. The van der Waals surface area contributed by atoms with E-state index in [2.05, 4.69) is 0 Å². The van der Waals surface area contributed by atoms with Gasteiger partial charge in [0.15, 0.2) is 11.5 Å². The highest BCUT2D eigenvalue weighted by molar-refractivity contribution is 5.93. The van der Waals surface area contributed by atoms with Gasteiger partial charge in [-0.1, -0.05) is 0 Å². The average Bonchev–Trinajstić information content (AvgIpc) is 2.74. The molecule has 0 aliphatic heterocycles. The predicted molar refractivity (Wildman–Crippen MR) is 49.9 cm³/mol. The number of alkyl halides is 2. The summed E-state index contributed by atoms with van der Waals surface area (Å²) in [6.07, 6.45) is 1.75. The zero-order valence-corrected chi connectivity index (χ0v) is 8.21. The van der Waals surface area contributed by atoms with Crippen LogP contribution in [0.5, 0.6) is 0 Å². The lowest BCUT2D eigenvalue weighted by atomic mass is 10.00. The molecular formula is C11H12F2O2.